The lowest BCUT2D eigenvalue weighted by atomic mass is 9.81. The summed E-state index contributed by atoms with van der Waals surface area (Å²) >= 11 is 0. The van der Waals surface area contributed by atoms with Crippen LogP contribution in [0, 0.1) is 5.92 Å². The Morgan fingerprint density at radius 1 is 1.30 bits per heavy atom. The van der Waals surface area contributed by atoms with Crippen LogP contribution in [0.1, 0.15) is 51.3 Å². The molecule has 33 heavy (non-hydrogen) atoms. The number of amides is 1. The summed E-state index contributed by atoms with van der Waals surface area (Å²) in [6.45, 7) is 4.87. The van der Waals surface area contributed by atoms with Gasteiger partial charge < -0.3 is 20.8 Å². The molecule has 1 amide bonds. The normalized spacial score (nSPS) is 18.6. The summed E-state index contributed by atoms with van der Waals surface area (Å²) in [6, 6.07) is 8.06. The van der Waals surface area contributed by atoms with Gasteiger partial charge in [-0.2, -0.15) is 5.10 Å². The molecule has 1 fully saturated rings. The van der Waals surface area contributed by atoms with E-state index in [9.17, 15) is 4.79 Å². The zero-order chi connectivity index (χ0) is 22.9. The van der Waals surface area contributed by atoms with Gasteiger partial charge in [0.25, 0.3) is 0 Å². The van der Waals surface area contributed by atoms with Crippen LogP contribution in [-0.4, -0.2) is 43.6 Å². The summed E-state index contributed by atoms with van der Waals surface area (Å²) in [5.41, 5.74) is 9.58. The first-order chi connectivity index (χ1) is 16.0. The molecule has 3 aromatic heterocycles. The molecule has 0 spiro atoms. The molecule has 0 bridgehead atoms. The Bertz CT molecular complexity index is 1300. The number of imidazole rings is 1. The molecule has 0 unspecified atom stereocenters. The number of para-hydroxylation sites is 1. The minimum Gasteiger partial charge on any atom is -0.492 e. The number of fused-ring (bicyclic) bond motifs is 2. The van der Waals surface area contributed by atoms with Crippen molar-refractivity contribution in [3.63, 3.8) is 0 Å². The van der Waals surface area contributed by atoms with Crippen molar-refractivity contribution in [2.45, 2.75) is 45.4 Å². The molecular weight excluding hydrogens is 418 g/mol. The molecule has 1 aliphatic carbocycles. The van der Waals surface area contributed by atoms with Crippen LogP contribution in [0.5, 0.6) is 5.75 Å². The molecule has 1 aromatic carbocycles. The molecule has 5 rings (SSSR count). The molecule has 4 aromatic rings. The number of ether oxygens (including phenoxy) is 1. The largest absolute Gasteiger partial charge is 0.492 e. The van der Waals surface area contributed by atoms with Gasteiger partial charge in [-0.1, -0.05) is 12.1 Å². The van der Waals surface area contributed by atoms with Crippen molar-refractivity contribution in [3.8, 4) is 17.1 Å². The summed E-state index contributed by atoms with van der Waals surface area (Å²) in [4.78, 5) is 24.0. The fraction of sp³-hybridized carbons (Fsp3) is 0.417. The van der Waals surface area contributed by atoms with Crippen LogP contribution in [-0.2, 0) is 4.79 Å². The lowest BCUT2D eigenvalue weighted by molar-refractivity contribution is -0.119. The summed E-state index contributed by atoms with van der Waals surface area (Å²) in [5, 5.41) is 8.51. The van der Waals surface area contributed by atoms with E-state index >= 15 is 0 Å². The minimum absolute atomic E-state index is 0.0269. The number of carbonyl (C=O) groups excluding carboxylic acids is 1. The van der Waals surface area contributed by atoms with Gasteiger partial charge in [-0.05, 0) is 50.7 Å². The van der Waals surface area contributed by atoms with Crippen molar-refractivity contribution in [2.24, 2.45) is 5.92 Å². The number of hydrogen-bond donors (Lipinski definition) is 3. The molecule has 9 nitrogen and oxygen atoms in total. The Morgan fingerprint density at radius 3 is 2.88 bits per heavy atom. The van der Waals surface area contributed by atoms with Crippen molar-refractivity contribution in [2.75, 3.05) is 18.9 Å². The Labute approximate surface area is 191 Å². The topological polar surface area (TPSA) is 123 Å². The summed E-state index contributed by atoms with van der Waals surface area (Å²) in [5.74, 6) is 2.93. The highest BCUT2D eigenvalue weighted by atomic mass is 16.5. The van der Waals surface area contributed by atoms with Crippen LogP contribution >= 0.6 is 0 Å². The molecular formula is C24H29N7O2. The highest BCUT2D eigenvalue weighted by Crippen LogP contribution is 2.39. The number of anilines is 1. The summed E-state index contributed by atoms with van der Waals surface area (Å²) < 4.78 is 7.64. The molecule has 0 saturated heterocycles. The second-order valence-electron chi connectivity index (χ2n) is 8.72. The van der Waals surface area contributed by atoms with Gasteiger partial charge in [0.15, 0.2) is 5.82 Å². The Balaban J connectivity index is 1.51. The molecule has 0 aliphatic heterocycles. The van der Waals surface area contributed by atoms with E-state index in [0.717, 1.165) is 71.6 Å². The number of aromatic nitrogens is 5. The first kappa shape index (κ1) is 21.2. The van der Waals surface area contributed by atoms with E-state index in [0.29, 0.717) is 18.3 Å². The fourth-order valence-corrected chi connectivity index (χ4v) is 4.87. The molecule has 3 heterocycles. The Hall–Kier alpha value is -3.62. The number of benzene rings is 1. The van der Waals surface area contributed by atoms with E-state index in [1.54, 1.807) is 6.92 Å². The van der Waals surface area contributed by atoms with E-state index in [4.69, 9.17) is 15.5 Å². The summed E-state index contributed by atoms with van der Waals surface area (Å²) in [6.07, 6.45) is 5.56. The minimum atomic E-state index is 0.0269. The van der Waals surface area contributed by atoms with Crippen molar-refractivity contribution in [3.05, 3.63) is 36.4 Å². The molecule has 0 radical (unpaired) electrons. The zero-order valence-electron chi connectivity index (χ0n) is 19.0. The Morgan fingerprint density at radius 2 is 2.12 bits per heavy atom. The van der Waals surface area contributed by atoms with Gasteiger partial charge in [-0.25, -0.2) is 14.5 Å². The first-order valence-electron chi connectivity index (χ1n) is 11.5. The van der Waals surface area contributed by atoms with Gasteiger partial charge in [-0.3, -0.25) is 4.79 Å². The highest BCUT2D eigenvalue weighted by molar-refractivity contribution is 5.93. The fourth-order valence-electron chi connectivity index (χ4n) is 4.87. The number of nitrogens with two attached hydrogens (primary N) is 1. The van der Waals surface area contributed by atoms with Gasteiger partial charge in [0.1, 0.15) is 29.1 Å². The lowest BCUT2D eigenvalue weighted by Crippen LogP contribution is -2.29. The third-order valence-corrected chi connectivity index (χ3v) is 6.51. The maximum atomic E-state index is 11.2. The van der Waals surface area contributed by atoms with Crippen LogP contribution in [0.3, 0.4) is 0 Å². The number of hydrogen-bond acceptors (Lipinski definition) is 6. The average Bonchev–Trinajstić information content (AvgIpc) is 3.41. The number of nitrogens with one attached hydrogen (secondary N) is 2. The molecule has 0 atom stereocenters. The molecule has 9 heteroatoms. The highest BCUT2D eigenvalue weighted by Gasteiger charge is 2.28. The van der Waals surface area contributed by atoms with Crippen LogP contribution in [0.15, 0.2) is 30.6 Å². The second-order valence-corrected chi connectivity index (χ2v) is 8.72. The smallest absolute Gasteiger partial charge is 0.216 e. The molecule has 4 N–H and O–H groups in total. The van der Waals surface area contributed by atoms with Crippen molar-refractivity contribution >= 4 is 28.1 Å². The van der Waals surface area contributed by atoms with E-state index in [2.05, 4.69) is 26.4 Å². The number of carbonyl (C=O) groups is 1. The molecule has 172 valence electrons. The van der Waals surface area contributed by atoms with Crippen LogP contribution in [0.4, 0.5) is 5.82 Å². The van der Waals surface area contributed by atoms with Crippen LogP contribution in [0.2, 0.25) is 0 Å². The predicted molar refractivity (Wildman–Crippen MR) is 127 cm³/mol. The SMILES string of the molecule is CCOc1cccc2cc(-c3nc([C@H]4CC[C@H](CNC(C)=O)CC4)n4ncnc(N)c34)[nH]c12. The number of rotatable bonds is 6. The third-order valence-electron chi connectivity index (χ3n) is 6.51. The van der Waals surface area contributed by atoms with Gasteiger partial charge >= 0.3 is 0 Å². The van der Waals surface area contributed by atoms with Gasteiger partial charge in [0, 0.05) is 24.8 Å². The Kier molecular flexibility index (Phi) is 5.62. The van der Waals surface area contributed by atoms with Gasteiger partial charge in [0.2, 0.25) is 5.91 Å². The van der Waals surface area contributed by atoms with Gasteiger partial charge in [0.05, 0.1) is 17.8 Å². The maximum Gasteiger partial charge on any atom is 0.216 e. The van der Waals surface area contributed by atoms with Crippen LogP contribution in [0.25, 0.3) is 27.8 Å². The number of aromatic amines is 1. The standard InChI is InChI=1S/C24H29N7O2/c1-3-33-19-6-4-5-17-11-18(29-20(17)19)21-22-23(25)27-13-28-31(22)24(30-21)16-9-7-15(8-10-16)12-26-14(2)32/h4-6,11,13,15-16,29H,3,7-10,12H2,1-2H3,(H,26,32)(H2,25,27,28)/t15-,16-. The quantitative estimate of drug-likeness (QED) is 0.414. The third kappa shape index (κ3) is 3.99. The van der Waals surface area contributed by atoms with Crippen molar-refractivity contribution in [1.82, 2.24) is 29.9 Å². The maximum absolute atomic E-state index is 11.2. The summed E-state index contributed by atoms with van der Waals surface area (Å²) in [7, 11) is 0. The van der Waals surface area contributed by atoms with Crippen molar-refractivity contribution < 1.29 is 9.53 Å². The van der Waals surface area contributed by atoms with E-state index in [1.165, 1.54) is 6.33 Å². The van der Waals surface area contributed by atoms with E-state index < -0.39 is 0 Å². The lowest BCUT2D eigenvalue weighted by Gasteiger charge is -2.27. The average molecular weight is 448 g/mol. The van der Waals surface area contributed by atoms with Gasteiger partial charge in [-0.15, -0.1) is 0 Å². The number of H-pyrrole nitrogens is 1. The molecule has 1 saturated carbocycles. The van der Waals surface area contributed by atoms with Crippen molar-refractivity contribution in [1.29, 1.82) is 0 Å². The van der Waals surface area contributed by atoms with E-state index in [-0.39, 0.29) is 11.8 Å². The first-order valence-corrected chi connectivity index (χ1v) is 11.5. The number of nitrogens with zero attached hydrogens (tertiary/aromatic N) is 4. The van der Waals surface area contributed by atoms with E-state index in [1.807, 2.05) is 29.6 Å². The predicted octanol–water partition coefficient (Wildman–Crippen LogP) is 3.66. The second kappa shape index (κ2) is 8.73. The monoisotopic (exact) mass is 447 g/mol. The van der Waals surface area contributed by atoms with Crippen LogP contribution < -0.4 is 15.8 Å². The number of nitrogen functional groups attached to an aromatic ring is 1. The molecule has 1 aliphatic rings. The zero-order valence-corrected chi connectivity index (χ0v) is 19.0.